The number of methoxy groups -OCH3 is 1. The standard InChI is InChI=1S/C10H9N3O3/c1-16-10-6-2-3-11-5-7(6)12-8(13-10)4-9(14)15/h2-3,5H,4H2,1H3,(H,14,15). The fourth-order valence-electron chi connectivity index (χ4n) is 1.37. The molecule has 2 aromatic rings. The largest absolute Gasteiger partial charge is 0.481 e. The lowest BCUT2D eigenvalue weighted by atomic mass is 10.3. The first-order valence-electron chi connectivity index (χ1n) is 4.57. The predicted octanol–water partition coefficient (Wildman–Crippen LogP) is 0.660. The summed E-state index contributed by atoms with van der Waals surface area (Å²) in [5, 5.41) is 9.38. The number of aromatic nitrogens is 3. The van der Waals surface area contributed by atoms with E-state index in [1.165, 1.54) is 7.11 Å². The Labute approximate surface area is 90.9 Å². The highest BCUT2D eigenvalue weighted by Crippen LogP contribution is 2.20. The summed E-state index contributed by atoms with van der Waals surface area (Å²) in [5.74, 6) is -0.404. The van der Waals surface area contributed by atoms with E-state index >= 15 is 0 Å². The fourth-order valence-corrected chi connectivity index (χ4v) is 1.37. The molecular formula is C10H9N3O3. The van der Waals surface area contributed by atoms with E-state index in [-0.39, 0.29) is 12.2 Å². The number of hydrogen-bond acceptors (Lipinski definition) is 5. The topological polar surface area (TPSA) is 85.2 Å². The quantitative estimate of drug-likeness (QED) is 0.816. The third kappa shape index (κ3) is 1.90. The highest BCUT2D eigenvalue weighted by atomic mass is 16.5. The van der Waals surface area contributed by atoms with Crippen LogP contribution in [0.25, 0.3) is 10.9 Å². The molecule has 0 unspecified atom stereocenters. The summed E-state index contributed by atoms with van der Waals surface area (Å²) in [6.07, 6.45) is 2.91. The van der Waals surface area contributed by atoms with E-state index < -0.39 is 5.97 Å². The minimum Gasteiger partial charge on any atom is -0.481 e. The van der Waals surface area contributed by atoms with Crippen molar-refractivity contribution in [2.75, 3.05) is 7.11 Å². The van der Waals surface area contributed by atoms with Crippen LogP contribution in [0.2, 0.25) is 0 Å². The molecule has 0 aromatic carbocycles. The number of aliphatic carboxylic acids is 1. The van der Waals surface area contributed by atoms with Gasteiger partial charge in [-0.25, -0.2) is 4.98 Å². The molecule has 16 heavy (non-hydrogen) atoms. The summed E-state index contributed by atoms with van der Waals surface area (Å²) in [6, 6.07) is 1.72. The zero-order chi connectivity index (χ0) is 11.5. The van der Waals surface area contributed by atoms with Gasteiger partial charge in [0.15, 0.2) is 0 Å². The summed E-state index contributed by atoms with van der Waals surface area (Å²) in [5.41, 5.74) is 0.575. The number of nitrogens with zero attached hydrogens (tertiary/aromatic N) is 3. The zero-order valence-corrected chi connectivity index (χ0v) is 8.54. The Morgan fingerprint density at radius 3 is 3.00 bits per heavy atom. The van der Waals surface area contributed by atoms with Crippen LogP contribution in [-0.2, 0) is 11.2 Å². The van der Waals surface area contributed by atoms with Gasteiger partial charge in [0.25, 0.3) is 0 Å². The predicted molar refractivity (Wildman–Crippen MR) is 55.2 cm³/mol. The van der Waals surface area contributed by atoms with Gasteiger partial charge in [-0.05, 0) is 6.07 Å². The van der Waals surface area contributed by atoms with Crippen LogP contribution in [0, 0.1) is 0 Å². The molecule has 0 spiro atoms. The van der Waals surface area contributed by atoms with Crippen molar-refractivity contribution < 1.29 is 14.6 Å². The van der Waals surface area contributed by atoms with Crippen LogP contribution in [-0.4, -0.2) is 33.1 Å². The van der Waals surface area contributed by atoms with Crippen LogP contribution in [0.1, 0.15) is 5.82 Å². The van der Waals surface area contributed by atoms with Gasteiger partial charge in [-0.1, -0.05) is 0 Å². The molecule has 0 aliphatic carbocycles. The van der Waals surface area contributed by atoms with Crippen molar-refractivity contribution in [3.63, 3.8) is 0 Å². The number of pyridine rings is 1. The number of ether oxygens (including phenoxy) is 1. The summed E-state index contributed by atoms with van der Waals surface area (Å²) in [7, 11) is 1.48. The normalized spacial score (nSPS) is 10.3. The first kappa shape index (κ1) is 10.3. The van der Waals surface area contributed by atoms with Crippen LogP contribution < -0.4 is 4.74 Å². The Kier molecular flexibility index (Phi) is 2.63. The van der Waals surface area contributed by atoms with Gasteiger partial charge in [-0.15, -0.1) is 0 Å². The molecule has 2 aromatic heterocycles. The van der Waals surface area contributed by atoms with Gasteiger partial charge < -0.3 is 9.84 Å². The second-order valence-corrected chi connectivity index (χ2v) is 3.11. The van der Waals surface area contributed by atoms with Crippen molar-refractivity contribution in [3.8, 4) is 5.88 Å². The van der Waals surface area contributed by atoms with Crippen LogP contribution in [0.15, 0.2) is 18.5 Å². The van der Waals surface area contributed by atoms with E-state index in [9.17, 15) is 4.79 Å². The SMILES string of the molecule is COc1nc(CC(=O)O)nc2cnccc12. The summed E-state index contributed by atoms with van der Waals surface area (Å²) in [4.78, 5) is 22.6. The monoisotopic (exact) mass is 219 g/mol. The Bertz CT molecular complexity index is 542. The molecule has 0 bridgehead atoms. The third-order valence-corrected chi connectivity index (χ3v) is 2.01. The van der Waals surface area contributed by atoms with E-state index in [2.05, 4.69) is 15.0 Å². The average Bonchev–Trinajstić information content (AvgIpc) is 2.27. The van der Waals surface area contributed by atoms with Gasteiger partial charge in [0.05, 0.1) is 24.2 Å². The molecule has 0 radical (unpaired) electrons. The van der Waals surface area contributed by atoms with E-state index in [0.29, 0.717) is 16.8 Å². The highest BCUT2D eigenvalue weighted by Gasteiger charge is 2.10. The molecule has 6 heteroatoms. The number of carbonyl (C=O) groups is 1. The van der Waals surface area contributed by atoms with Gasteiger partial charge in [0, 0.05) is 6.20 Å². The molecular weight excluding hydrogens is 210 g/mol. The average molecular weight is 219 g/mol. The highest BCUT2D eigenvalue weighted by molar-refractivity contribution is 5.82. The molecule has 1 N–H and O–H groups in total. The van der Waals surface area contributed by atoms with Gasteiger partial charge in [0.1, 0.15) is 12.2 Å². The first-order valence-corrected chi connectivity index (χ1v) is 4.57. The summed E-state index contributed by atoms with van der Waals surface area (Å²) < 4.78 is 5.08. The Morgan fingerprint density at radius 2 is 2.31 bits per heavy atom. The number of hydrogen-bond donors (Lipinski definition) is 1. The van der Waals surface area contributed by atoms with Gasteiger partial charge in [-0.3, -0.25) is 9.78 Å². The van der Waals surface area contributed by atoms with E-state index in [1.54, 1.807) is 18.5 Å². The molecule has 82 valence electrons. The smallest absolute Gasteiger partial charge is 0.311 e. The molecule has 0 atom stereocenters. The van der Waals surface area contributed by atoms with Crippen molar-refractivity contribution >= 4 is 16.9 Å². The van der Waals surface area contributed by atoms with Crippen molar-refractivity contribution in [3.05, 3.63) is 24.3 Å². The molecule has 0 amide bonds. The van der Waals surface area contributed by atoms with Gasteiger partial charge in [-0.2, -0.15) is 4.98 Å². The summed E-state index contributed by atoms with van der Waals surface area (Å²) >= 11 is 0. The second kappa shape index (κ2) is 4.09. The second-order valence-electron chi connectivity index (χ2n) is 3.11. The minimum absolute atomic E-state index is 0.213. The van der Waals surface area contributed by atoms with Crippen molar-refractivity contribution in [2.45, 2.75) is 6.42 Å². The van der Waals surface area contributed by atoms with E-state index in [0.717, 1.165) is 0 Å². The molecule has 0 saturated heterocycles. The Morgan fingerprint density at radius 1 is 1.50 bits per heavy atom. The van der Waals surface area contributed by atoms with Crippen LogP contribution in [0.4, 0.5) is 0 Å². The number of carboxylic acids is 1. The minimum atomic E-state index is -0.981. The van der Waals surface area contributed by atoms with Crippen LogP contribution in [0.5, 0.6) is 5.88 Å². The zero-order valence-electron chi connectivity index (χ0n) is 8.54. The maximum absolute atomic E-state index is 10.6. The van der Waals surface area contributed by atoms with Gasteiger partial charge >= 0.3 is 5.97 Å². The number of rotatable bonds is 3. The van der Waals surface area contributed by atoms with Crippen molar-refractivity contribution in [1.82, 2.24) is 15.0 Å². The molecule has 0 aliphatic rings. The molecule has 2 heterocycles. The Hall–Kier alpha value is -2.24. The molecule has 0 aliphatic heterocycles. The molecule has 6 nitrogen and oxygen atoms in total. The summed E-state index contributed by atoms with van der Waals surface area (Å²) in [6.45, 7) is 0. The molecule has 0 fully saturated rings. The maximum Gasteiger partial charge on any atom is 0.311 e. The van der Waals surface area contributed by atoms with Crippen molar-refractivity contribution in [1.29, 1.82) is 0 Å². The lowest BCUT2D eigenvalue weighted by Gasteiger charge is -2.05. The fraction of sp³-hybridized carbons (Fsp3) is 0.200. The van der Waals surface area contributed by atoms with E-state index in [4.69, 9.17) is 9.84 Å². The number of carboxylic acid groups (broad SMARTS) is 1. The third-order valence-electron chi connectivity index (χ3n) is 2.01. The van der Waals surface area contributed by atoms with Gasteiger partial charge in [0.2, 0.25) is 5.88 Å². The van der Waals surface area contributed by atoms with E-state index in [1.807, 2.05) is 0 Å². The lowest BCUT2D eigenvalue weighted by Crippen LogP contribution is -2.06. The lowest BCUT2D eigenvalue weighted by molar-refractivity contribution is -0.136. The van der Waals surface area contributed by atoms with Crippen LogP contribution in [0.3, 0.4) is 0 Å². The Balaban J connectivity index is 2.58. The van der Waals surface area contributed by atoms with Crippen LogP contribution >= 0.6 is 0 Å². The van der Waals surface area contributed by atoms with Crippen molar-refractivity contribution in [2.24, 2.45) is 0 Å². The number of fused-ring (bicyclic) bond motifs is 1. The molecule has 2 rings (SSSR count). The first-order chi connectivity index (χ1) is 7.70. The molecule has 0 saturated carbocycles. The maximum atomic E-state index is 10.6.